The van der Waals surface area contributed by atoms with Crippen LogP contribution in [-0.2, 0) is 11.3 Å². The number of benzene rings is 1. The SMILES string of the molecule is Nc1nc(Cl)c(N)c(NC(CO)C2CC(OCc3ccccc3)C2)n1. The molecule has 1 unspecified atom stereocenters. The van der Waals surface area contributed by atoms with Crippen LogP contribution in [0.15, 0.2) is 30.3 Å². The third-order valence-corrected chi connectivity index (χ3v) is 4.75. The molecule has 1 fully saturated rings. The van der Waals surface area contributed by atoms with Gasteiger partial charge in [-0.25, -0.2) is 0 Å². The van der Waals surface area contributed by atoms with E-state index in [0.717, 1.165) is 18.4 Å². The van der Waals surface area contributed by atoms with Gasteiger partial charge in [0.25, 0.3) is 0 Å². The molecule has 0 aliphatic heterocycles. The molecule has 1 aliphatic rings. The maximum absolute atomic E-state index is 9.69. The molecule has 1 heterocycles. The number of halogens is 1. The topological polar surface area (TPSA) is 119 Å². The number of aromatic nitrogens is 2. The number of hydrogen-bond donors (Lipinski definition) is 4. The molecule has 0 saturated heterocycles. The molecule has 2 aromatic rings. The summed E-state index contributed by atoms with van der Waals surface area (Å²) in [5.74, 6) is 0.654. The van der Waals surface area contributed by atoms with E-state index in [1.54, 1.807) is 0 Å². The zero-order valence-electron chi connectivity index (χ0n) is 13.7. The summed E-state index contributed by atoms with van der Waals surface area (Å²) in [5.41, 5.74) is 12.9. The van der Waals surface area contributed by atoms with E-state index in [-0.39, 0.29) is 41.5 Å². The highest BCUT2D eigenvalue weighted by molar-refractivity contribution is 6.32. The number of anilines is 3. The number of hydrogen-bond acceptors (Lipinski definition) is 7. The highest BCUT2D eigenvalue weighted by Crippen LogP contribution is 2.35. The largest absolute Gasteiger partial charge is 0.394 e. The van der Waals surface area contributed by atoms with Crippen molar-refractivity contribution >= 4 is 29.1 Å². The van der Waals surface area contributed by atoms with Gasteiger partial charge in [-0.1, -0.05) is 41.9 Å². The Balaban J connectivity index is 1.52. The second kappa shape index (κ2) is 7.86. The molecule has 1 aromatic carbocycles. The van der Waals surface area contributed by atoms with Gasteiger partial charge < -0.3 is 26.6 Å². The van der Waals surface area contributed by atoms with Crippen LogP contribution in [0, 0.1) is 5.92 Å². The van der Waals surface area contributed by atoms with E-state index >= 15 is 0 Å². The fourth-order valence-corrected chi connectivity index (χ4v) is 3.09. The van der Waals surface area contributed by atoms with E-state index in [0.29, 0.717) is 12.4 Å². The van der Waals surface area contributed by atoms with Crippen molar-refractivity contribution in [3.8, 4) is 0 Å². The summed E-state index contributed by atoms with van der Waals surface area (Å²) in [6, 6.07) is 9.87. The van der Waals surface area contributed by atoms with Crippen LogP contribution in [0.4, 0.5) is 17.5 Å². The molecule has 1 aromatic heterocycles. The molecule has 1 aliphatic carbocycles. The summed E-state index contributed by atoms with van der Waals surface area (Å²) in [4.78, 5) is 7.86. The lowest BCUT2D eigenvalue weighted by Crippen LogP contribution is -2.44. The van der Waals surface area contributed by atoms with Crippen LogP contribution in [0.3, 0.4) is 0 Å². The summed E-state index contributed by atoms with van der Waals surface area (Å²) in [6.07, 6.45) is 1.91. The lowest BCUT2D eigenvalue weighted by Gasteiger charge is -2.40. The van der Waals surface area contributed by atoms with Crippen LogP contribution in [0.2, 0.25) is 5.15 Å². The molecular weight excluding hydrogens is 342 g/mol. The predicted octanol–water partition coefficient (Wildman–Crippen LogP) is 2.06. The third-order valence-electron chi connectivity index (χ3n) is 4.46. The number of ether oxygens (including phenoxy) is 1. The predicted molar refractivity (Wildman–Crippen MR) is 98.1 cm³/mol. The normalized spacial score (nSPS) is 20.7. The standard InChI is InChI=1S/C17H22ClN5O2/c18-15-14(19)16(23-17(20)22-15)21-13(8-24)11-6-12(7-11)25-9-10-4-2-1-3-5-10/h1-5,11-13,24H,6-9,19H2,(H3,20,21,22,23). The molecule has 6 N–H and O–H groups in total. The zero-order chi connectivity index (χ0) is 17.8. The number of nitrogens with zero attached hydrogens (tertiary/aromatic N) is 2. The molecule has 1 saturated carbocycles. The van der Waals surface area contributed by atoms with Crippen molar-refractivity contribution < 1.29 is 9.84 Å². The Kier molecular flexibility index (Phi) is 5.57. The van der Waals surface area contributed by atoms with Crippen LogP contribution in [0.1, 0.15) is 18.4 Å². The minimum atomic E-state index is -0.191. The molecule has 0 radical (unpaired) electrons. The molecule has 0 amide bonds. The first kappa shape index (κ1) is 17.7. The van der Waals surface area contributed by atoms with Gasteiger partial charge in [-0.3, -0.25) is 0 Å². The summed E-state index contributed by atoms with van der Waals surface area (Å²) in [7, 11) is 0. The molecule has 7 nitrogen and oxygen atoms in total. The summed E-state index contributed by atoms with van der Waals surface area (Å²) in [5, 5.41) is 12.9. The van der Waals surface area contributed by atoms with Crippen LogP contribution in [0.25, 0.3) is 0 Å². The fraction of sp³-hybridized carbons (Fsp3) is 0.412. The maximum Gasteiger partial charge on any atom is 0.223 e. The first-order valence-electron chi connectivity index (χ1n) is 8.18. The molecule has 0 spiro atoms. The minimum absolute atomic E-state index is 0.0380. The summed E-state index contributed by atoms with van der Waals surface area (Å²) >= 11 is 5.92. The van der Waals surface area contributed by atoms with Crippen LogP contribution in [0.5, 0.6) is 0 Å². The van der Waals surface area contributed by atoms with E-state index in [9.17, 15) is 5.11 Å². The highest BCUT2D eigenvalue weighted by Gasteiger charge is 2.36. The molecule has 8 heteroatoms. The number of rotatable bonds is 7. The van der Waals surface area contributed by atoms with Crippen molar-refractivity contribution in [2.24, 2.45) is 5.92 Å². The fourth-order valence-electron chi connectivity index (χ4n) is 2.92. The van der Waals surface area contributed by atoms with Crippen LogP contribution < -0.4 is 16.8 Å². The van der Waals surface area contributed by atoms with Crippen molar-refractivity contribution in [2.75, 3.05) is 23.4 Å². The average molecular weight is 364 g/mol. The highest BCUT2D eigenvalue weighted by atomic mass is 35.5. The molecule has 25 heavy (non-hydrogen) atoms. The average Bonchev–Trinajstić information content (AvgIpc) is 2.57. The summed E-state index contributed by atoms with van der Waals surface area (Å²) < 4.78 is 5.90. The van der Waals surface area contributed by atoms with E-state index in [1.165, 1.54) is 0 Å². The first-order valence-corrected chi connectivity index (χ1v) is 8.56. The second-order valence-corrected chi connectivity index (χ2v) is 6.58. The summed E-state index contributed by atoms with van der Waals surface area (Å²) in [6.45, 7) is 0.553. The van der Waals surface area contributed by atoms with E-state index in [4.69, 9.17) is 27.8 Å². The Labute approximate surface area is 151 Å². The van der Waals surface area contributed by atoms with Gasteiger partial charge in [0.05, 0.1) is 25.4 Å². The monoisotopic (exact) mass is 363 g/mol. The Bertz CT molecular complexity index is 710. The van der Waals surface area contributed by atoms with Crippen LogP contribution >= 0.6 is 11.6 Å². The van der Waals surface area contributed by atoms with Crippen molar-refractivity contribution in [1.82, 2.24) is 9.97 Å². The second-order valence-electron chi connectivity index (χ2n) is 6.22. The molecule has 134 valence electrons. The van der Waals surface area contributed by atoms with Gasteiger partial charge in [-0.05, 0) is 24.3 Å². The number of aliphatic hydroxyl groups excluding tert-OH is 1. The Morgan fingerprint density at radius 1 is 1.24 bits per heavy atom. The Morgan fingerprint density at radius 3 is 2.64 bits per heavy atom. The number of nitrogen functional groups attached to an aromatic ring is 2. The lowest BCUT2D eigenvalue weighted by molar-refractivity contribution is -0.0484. The van der Waals surface area contributed by atoms with Gasteiger partial charge in [0.15, 0.2) is 11.0 Å². The molecule has 1 atom stereocenters. The van der Waals surface area contributed by atoms with Crippen molar-refractivity contribution in [3.05, 3.63) is 41.0 Å². The molecule has 0 bridgehead atoms. The van der Waals surface area contributed by atoms with Crippen LogP contribution in [-0.4, -0.2) is 33.8 Å². The third kappa shape index (κ3) is 4.31. The first-order chi connectivity index (χ1) is 12.1. The number of nitrogens with two attached hydrogens (primary N) is 2. The van der Waals surface area contributed by atoms with Gasteiger partial charge in [-0.2, -0.15) is 9.97 Å². The van der Waals surface area contributed by atoms with Crippen molar-refractivity contribution in [3.63, 3.8) is 0 Å². The quantitative estimate of drug-likeness (QED) is 0.556. The van der Waals surface area contributed by atoms with Gasteiger partial charge in [0.2, 0.25) is 5.95 Å². The lowest BCUT2D eigenvalue weighted by atomic mass is 9.77. The maximum atomic E-state index is 9.69. The number of nitrogens with one attached hydrogen (secondary N) is 1. The van der Waals surface area contributed by atoms with Crippen molar-refractivity contribution in [1.29, 1.82) is 0 Å². The van der Waals surface area contributed by atoms with Gasteiger partial charge >= 0.3 is 0 Å². The molecule has 3 rings (SSSR count). The van der Waals surface area contributed by atoms with E-state index in [2.05, 4.69) is 15.3 Å². The Morgan fingerprint density at radius 2 is 1.96 bits per heavy atom. The van der Waals surface area contributed by atoms with E-state index < -0.39 is 0 Å². The molecular formula is C17H22ClN5O2. The van der Waals surface area contributed by atoms with Gasteiger partial charge in [0, 0.05) is 0 Å². The van der Waals surface area contributed by atoms with Gasteiger partial charge in [-0.15, -0.1) is 0 Å². The van der Waals surface area contributed by atoms with Gasteiger partial charge in [0.1, 0.15) is 5.69 Å². The van der Waals surface area contributed by atoms with E-state index in [1.807, 2.05) is 30.3 Å². The smallest absolute Gasteiger partial charge is 0.223 e. The van der Waals surface area contributed by atoms with Crippen molar-refractivity contribution in [2.45, 2.75) is 31.6 Å². The number of aliphatic hydroxyl groups is 1. The minimum Gasteiger partial charge on any atom is -0.394 e. The zero-order valence-corrected chi connectivity index (χ0v) is 14.5. The Hall–Kier alpha value is -2.09.